The zero-order valence-electron chi connectivity index (χ0n) is 19.3. The number of ether oxygens (including phenoxy) is 2. The first-order valence-corrected chi connectivity index (χ1v) is 12.2. The molecule has 0 spiro atoms. The van der Waals surface area contributed by atoms with Crippen molar-refractivity contribution in [1.29, 1.82) is 0 Å². The molecule has 0 aromatic rings. The number of hydrogen-bond donors (Lipinski definition) is 0. The summed E-state index contributed by atoms with van der Waals surface area (Å²) in [4.78, 5) is 0. The lowest BCUT2D eigenvalue weighted by Gasteiger charge is -2.43. The van der Waals surface area contributed by atoms with Gasteiger partial charge in [-0.3, -0.25) is 0 Å². The van der Waals surface area contributed by atoms with Gasteiger partial charge < -0.3 is 9.47 Å². The summed E-state index contributed by atoms with van der Waals surface area (Å²) in [6.45, 7) is 13.9. The van der Waals surface area contributed by atoms with Crippen LogP contribution in [0.25, 0.3) is 0 Å². The average Bonchev–Trinajstić information content (AvgIpc) is 3.29. The second-order valence-electron chi connectivity index (χ2n) is 12.1. The summed E-state index contributed by atoms with van der Waals surface area (Å²) in [5.74, 6) is 5.99. The van der Waals surface area contributed by atoms with Gasteiger partial charge in [0.1, 0.15) is 5.76 Å². The van der Waals surface area contributed by atoms with Crippen molar-refractivity contribution in [1.82, 2.24) is 0 Å². The minimum atomic E-state index is -0.104. The van der Waals surface area contributed by atoms with Gasteiger partial charge in [-0.1, -0.05) is 34.6 Å². The predicted molar refractivity (Wildman–Crippen MR) is 116 cm³/mol. The molecule has 5 saturated carbocycles. The Morgan fingerprint density at radius 2 is 1.50 bits per heavy atom. The molecule has 5 aliphatic carbocycles. The van der Waals surface area contributed by atoms with Crippen molar-refractivity contribution in [3.05, 3.63) is 11.3 Å². The third-order valence-corrected chi connectivity index (χ3v) is 7.91. The second kappa shape index (κ2) is 7.97. The summed E-state index contributed by atoms with van der Waals surface area (Å²) in [5, 5.41) is 0. The van der Waals surface area contributed by atoms with Crippen LogP contribution in [0.4, 0.5) is 0 Å². The number of hydrogen-bond acceptors (Lipinski definition) is 2. The van der Waals surface area contributed by atoms with Crippen molar-refractivity contribution >= 4 is 0 Å². The maximum Gasteiger partial charge on any atom is 0.196 e. The quantitative estimate of drug-likeness (QED) is 0.335. The molecule has 0 heterocycles. The molecule has 160 valence electrons. The Morgan fingerprint density at radius 3 is 1.96 bits per heavy atom. The van der Waals surface area contributed by atoms with E-state index in [1.165, 1.54) is 63.5 Å². The number of rotatable bonds is 7. The molecule has 4 atom stereocenters. The van der Waals surface area contributed by atoms with Crippen molar-refractivity contribution in [2.75, 3.05) is 0 Å². The van der Waals surface area contributed by atoms with Gasteiger partial charge in [0.15, 0.2) is 6.29 Å². The standard InChI is InChI=1S/C26H44O2/c1-16(2)23(15-26(4,5)6)25(20-7-8-20)28-17(3)27-24-21-9-10-22(24)14-19-11-18(12-19)13-21/h16-19,21-24H,7-15H2,1-6H3/t17-,18?,19?,21?,22?,23?,24?/m1/s1. The molecule has 0 aromatic heterocycles. The van der Waals surface area contributed by atoms with E-state index in [9.17, 15) is 0 Å². The first kappa shape index (κ1) is 20.8. The van der Waals surface area contributed by atoms with E-state index >= 15 is 0 Å². The van der Waals surface area contributed by atoms with Crippen LogP contribution in [0.3, 0.4) is 0 Å². The van der Waals surface area contributed by atoms with Gasteiger partial charge in [0.25, 0.3) is 0 Å². The van der Waals surface area contributed by atoms with Crippen molar-refractivity contribution < 1.29 is 9.47 Å². The minimum absolute atomic E-state index is 0.104. The van der Waals surface area contributed by atoms with Gasteiger partial charge in [-0.25, -0.2) is 0 Å². The van der Waals surface area contributed by atoms with Crippen molar-refractivity contribution in [3.8, 4) is 0 Å². The molecule has 28 heavy (non-hydrogen) atoms. The van der Waals surface area contributed by atoms with Crippen molar-refractivity contribution in [2.24, 2.45) is 40.9 Å². The second-order valence-corrected chi connectivity index (χ2v) is 12.1. The zero-order valence-corrected chi connectivity index (χ0v) is 19.3. The molecule has 5 aliphatic rings. The van der Waals surface area contributed by atoms with Gasteiger partial charge in [0.2, 0.25) is 0 Å². The van der Waals surface area contributed by atoms with Gasteiger partial charge in [-0.05, 0) is 105 Å². The highest BCUT2D eigenvalue weighted by Gasteiger charge is 2.46. The van der Waals surface area contributed by atoms with Crippen molar-refractivity contribution in [3.63, 3.8) is 0 Å². The van der Waals surface area contributed by atoms with Gasteiger partial charge >= 0.3 is 0 Å². The number of allylic oxidation sites excluding steroid dienone is 2. The van der Waals surface area contributed by atoms with Crippen LogP contribution < -0.4 is 0 Å². The van der Waals surface area contributed by atoms with E-state index in [0.717, 1.165) is 23.7 Å². The zero-order chi connectivity index (χ0) is 20.1. The fourth-order valence-corrected chi connectivity index (χ4v) is 6.44. The predicted octanol–water partition coefficient (Wildman–Crippen LogP) is 7.34. The van der Waals surface area contributed by atoms with Gasteiger partial charge in [-0.15, -0.1) is 0 Å². The molecule has 2 nitrogen and oxygen atoms in total. The van der Waals surface area contributed by atoms with E-state index in [1.54, 1.807) is 5.57 Å². The molecular weight excluding hydrogens is 344 g/mol. The van der Waals surface area contributed by atoms with Crippen LogP contribution >= 0.6 is 0 Å². The lowest BCUT2D eigenvalue weighted by Crippen LogP contribution is -2.39. The van der Waals surface area contributed by atoms with E-state index in [1.807, 2.05) is 0 Å². The molecule has 0 amide bonds. The maximum atomic E-state index is 6.69. The molecule has 5 fully saturated rings. The SMILES string of the molecule is CC(C)C(CC(C)(C)C)C(O[C@H](C)OC1C2CCC1CC1CC(C1)C2)=C1CC1. The fourth-order valence-electron chi connectivity index (χ4n) is 6.44. The van der Waals surface area contributed by atoms with Crippen LogP contribution in [-0.2, 0) is 9.47 Å². The Hall–Kier alpha value is -0.500. The normalized spacial score (nSPS) is 36.4. The van der Waals surface area contributed by atoms with Crippen LogP contribution in [0, 0.1) is 40.9 Å². The minimum Gasteiger partial charge on any atom is -0.469 e. The molecule has 0 radical (unpaired) electrons. The van der Waals surface area contributed by atoms with E-state index in [2.05, 4.69) is 41.5 Å². The maximum absolute atomic E-state index is 6.69. The largest absolute Gasteiger partial charge is 0.469 e. The Bertz CT molecular complexity index is 554. The molecule has 0 aliphatic heterocycles. The van der Waals surface area contributed by atoms with E-state index in [4.69, 9.17) is 9.47 Å². The summed E-state index contributed by atoms with van der Waals surface area (Å²) in [6, 6.07) is 0. The van der Waals surface area contributed by atoms with E-state index in [0.29, 0.717) is 23.4 Å². The average molecular weight is 389 g/mol. The van der Waals surface area contributed by atoms with Crippen LogP contribution in [-0.4, -0.2) is 12.4 Å². The van der Waals surface area contributed by atoms with Crippen LogP contribution in [0.15, 0.2) is 11.3 Å². The summed E-state index contributed by atoms with van der Waals surface area (Å²) < 4.78 is 13.3. The topological polar surface area (TPSA) is 18.5 Å². The summed E-state index contributed by atoms with van der Waals surface area (Å²) >= 11 is 0. The Labute approximate surface area is 173 Å². The Balaban J connectivity index is 1.41. The van der Waals surface area contributed by atoms with E-state index in [-0.39, 0.29) is 6.29 Å². The molecule has 2 heteroatoms. The summed E-state index contributed by atoms with van der Waals surface area (Å²) in [5.41, 5.74) is 1.88. The third-order valence-electron chi connectivity index (χ3n) is 7.91. The lowest BCUT2D eigenvalue weighted by atomic mass is 9.65. The first-order chi connectivity index (χ1) is 13.2. The third kappa shape index (κ3) is 4.79. The highest BCUT2D eigenvalue weighted by Crippen LogP contribution is 2.52. The van der Waals surface area contributed by atoms with Gasteiger partial charge in [0.05, 0.1) is 6.10 Å². The Kier molecular flexibility index (Phi) is 5.91. The highest BCUT2D eigenvalue weighted by atomic mass is 16.7. The Morgan fingerprint density at radius 1 is 0.929 bits per heavy atom. The highest BCUT2D eigenvalue weighted by molar-refractivity contribution is 5.23. The monoisotopic (exact) mass is 388 g/mol. The molecule has 4 bridgehead atoms. The van der Waals surface area contributed by atoms with Crippen LogP contribution in [0.2, 0.25) is 0 Å². The van der Waals surface area contributed by atoms with Gasteiger partial charge in [-0.2, -0.15) is 0 Å². The van der Waals surface area contributed by atoms with Gasteiger partial charge in [0, 0.05) is 5.92 Å². The molecule has 3 unspecified atom stereocenters. The summed E-state index contributed by atoms with van der Waals surface area (Å²) in [7, 11) is 0. The van der Waals surface area contributed by atoms with E-state index < -0.39 is 0 Å². The van der Waals surface area contributed by atoms with Crippen LogP contribution in [0.5, 0.6) is 0 Å². The molecule has 5 rings (SSSR count). The van der Waals surface area contributed by atoms with Crippen LogP contribution in [0.1, 0.15) is 99.3 Å². The lowest BCUT2D eigenvalue weighted by molar-refractivity contribution is -0.173. The fraction of sp³-hybridized carbons (Fsp3) is 0.923. The first-order valence-electron chi connectivity index (χ1n) is 12.2. The molecule has 0 N–H and O–H groups in total. The molecular formula is C26H44O2. The van der Waals surface area contributed by atoms with Crippen molar-refractivity contribution in [2.45, 2.75) is 112 Å². The summed E-state index contributed by atoms with van der Waals surface area (Å²) in [6.07, 6.45) is 12.6. The molecule has 0 aromatic carbocycles. The smallest absolute Gasteiger partial charge is 0.196 e. The molecule has 0 saturated heterocycles.